The van der Waals surface area contributed by atoms with E-state index in [0.29, 0.717) is 25.3 Å². The molecule has 0 aliphatic carbocycles. The molecule has 0 spiro atoms. The number of nitrogens with zero attached hydrogens (tertiary/aromatic N) is 1. The highest BCUT2D eigenvalue weighted by Crippen LogP contribution is 2.23. The predicted octanol–water partition coefficient (Wildman–Crippen LogP) is 2.59. The Morgan fingerprint density at radius 2 is 1.88 bits per heavy atom. The molecule has 25 heavy (non-hydrogen) atoms. The number of furan rings is 1. The fourth-order valence-electron chi connectivity index (χ4n) is 3.08. The average molecular weight is 342 g/mol. The Kier molecular flexibility index (Phi) is 5.38. The van der Waals surface area contributed by atoms with E-state index in [-0.39, 0.29) is 24.3 Å². The number of carbonyl (C=O) groups excluding carboxylic acids is 2. The first kappa shape index (κ1) is 17.1. The fourth-order valence-corrected chi connectivity index (χ4v) is 3.08. The number of ether oxygens (including phenoxy) is 1. The third-order valence-electron chi connectivity index (χ3n) is 4.47. The summed E-state index contributed by atoms with van der Waals surface area (Å²) < 4.78 is 11.1. The summed E-state index contributed by atoms with van der Waals surface area (Å²) in [7, 11) is 0. The average Bonchev–Trinajstić information content (AvgIpc) is 3.09. The molecule has 2 N–H and O–H groups in total. The highest BCUT2D eigenvalue weighted by molar-refractivity contribution is 5.93. The van der Waals surface area contributed by atoms with Crippen molar-refractivity contribution in [3.63, 3.8) is 0 Å². The minimum atomic E-state index is -0.281. The first-order valence-corrected chi connectivity index (χ1v) is 8.45. The van der Waals surface area contributed by atoms with Gasteiger partial charge in [-0.2, -0.15) is 0 Å². The molecule has 2 amide bonds. The summed E-state index contributed by atoms with van der Waals surface area (Å²) in [5.74, 6) is 0.919. The molecule has 1 aromatic carbocycles. The van der Waals surface area contributed by atoms with Gasteiger partial charge in [-0.15, -0.1) is 0 Å². The topological polar surface area (TPSA) is 85.8 Å². The van der Waals surface area contributed by atoms with Crippen molar-refractivity contribution in [2.75, 3.05) is 13.1 Å². The van der Waals surface area contributed by atoms with Gasteiger partial charge in [0.2, 0.25) is 5.91 Å². The van der Waals surface area contributed by atoms with Gasteiger partial charge in [-0.1, -0.05) is 18.2 Å². The summed E-state index contributed by atoms with van der Waals surface area (Å²) in [6.45, 7) is 1.49. The van der Waals surface area contributed by atoms with Crippen LogP contribution in [0, 0.1) is 5.92 Å². The predicted molar refractivity (Wildman–Crippen MR) is 91.9 cm³/mol. The van der Waals surface area contributed by atoms with Crippen molar-refractivity contribution in [3.8, 4) is 5.75 Å². The Balaban J connectivity index is 1.58. The second kappa shape index (κ2) is 7.88. The zero-order valence-electron chi connectivity index (χ0n) is 14.0. The highest BCUT2D eigenvalue weighted by Gasteiger charge is 2.27. The van der Waals surface area contributed by atoms with Gasteiger partial charge in [0, 0.05) is 25.1 Å². The second-order valence-electron chi connectivity index (χ2n) is 6.28. The summed E-state index contributed by atoms with van der Waals surface area (Å²) in [5, 5.41) is 0. The van der Waals surface area contributed by atoms with E-state index in [9.17, 15) is 9.59 Å². The number of rotatable bonds is 6. The van der Waals surface area contributed by atoms with Crippen LogP contribution in [-0.2, 0) is 11.4 Å². The molecule has 0 bridgehead atoms. The van der Waals surface area contributed by atoms with Gasteiger partial charge in [-0.05, 0) is 37.0 Å². The quantitative estimate of drug-likeness (QED) is 0.874. The van der Waals surface area contributed by atoms with Crippen LogP contribution in [0.2, 0.25) is 0 Å². The number of piperidine rings is 1. The molecule has 0 atom stereocenters. The largest absolute Gasteiger partial charge is 0.489 e. The van der Waals surface area contributed by atoms with Crippen LogP contribution < -0.4 is 10.5 Å². The molecule has 132 valence electrons. The molecular weight excluding hydrogens is 320 g/mol. The molecule has 3 rings (SSSR count). The Morgan fingerprint density at radius 3 is 2.56 bits per heavy atom. The molecule has 6 nitrogen and oxygen atoms in total. The number of para-hydroxylation sites is 1. The lowest BCUT2D eigenvalue weighted by Crippen LogP contribution is -2.39. The summed E-state index contributed by atoms with van der Waals surface area (Å²) in [6.07, 6.45) is 3.46. The van der Waals surface area contributed by atoms with Crippen molar-refractivity contribution >= 4 is 11.8 Å². The Hall–Kier alpha value is -2.76. The standard InChI is InChI=1S/C19H22N2O4/c20-17(22)12-14-6-9-21(10-7-14)19(23)18-15(8-11-24-18)13-25-16-4-2-1-3-5-16/h1-5,8,11,14H,6-7,9-10,12-13H2,(H2,20,22). The van der Waals surface area contributed by atoms with Gasteiger partial charge >= 0.3 is 0 Å². The van der Waals surface area contributed by atoms with Gasteiger partial charge in [-0.25, -0.2) is 0 Å². The van der Waals surface area contributed by atoms with Crippen molar-refractivity contribution < 1.29 is 18.7 Å². The van der Waals surface area contributed by atoms with Crippen molar-refractivity contribution in [2.45, 2.75) is 25.9 Å². The number of carbonyl (C=O) groups is 2. The van der Waals surface area contributed by atoms with E-state index < -0.39 is 0 Å². The van der Waals surface area contributed by atoms with E-state index in [1.807, 2.05) is 30.3 Å². The Morgan fingerprint density at radius 1 is 1.16 bits per heavy atom. The van der Waals surface area contributed by atoms with E-state index in [2.05, 4.69) is 0 Å². The maximum atomic E-state index is 12.7. The van der Waals surface area contributed by atoms with E-state index in [0.717, 1.165) is 24.2 Å². The maximum absolute atomic E-state index is 12.7. The van der Waals surface area contributed by atoms with Crippen LogP contribution in [0.5, 0.6) is 5.75 Å². The normalized spacial score (nSPS) is 15.1. The monoisotopic (exact) mass is 342 g/mol. The molecule has 0 radical (unpaired) electrons. The minimum absolute atomic E-state index is 0.130. The Labute approximate surface area is 146 Å². The molecule has 1 aliphatic heterocycles. The van der Waals surface area contributed by atoms with Crippen LogP contribution >= 0.6 is 0 Å². The summed E-state index contributed by atoms with van der Waals surface area (Å²) in [6, 6.07) is 11.2. The molecular formula is C19H22N2O4. The summed E-state index contributed by atoms with van der Waals surface area (Å²) in [5.41, 5.74) is 5.98. The number of hydrogen-bond acceptors (Lipinski definition) is 4. The number of primary amides is 1. The number of benzene rings is 1. The molecule has 0 unspecified atom stereocenters. The van der Waals surface area contributed by atoms with Gasteiger partial charge in [-0.3, -0.25) is 9.59 Å². The smallest absolute Gasteiger partial charge is 0.289 e. The molecule has 1 fully saturated rings. The van der Waals surface area contributed by atoms with Gasteiger partial charge < -0.3 is 19.8 Å². The summed E-state index contributed by atoms with van der Waals surface area (Å²) in [4.78, 5) is 25.5. The van der Waals surface area contributed by atoms with E-state index in [1.54, 1.807) is 11.0 Å². The maximum Gasteiger partial charge on any atom is 0.289 e. The SMILES string of the molecule is NC(=O)CC1CCN(C(=O)c2occc2COc2ccccc2)CC1. The lowest BCUT2D eigenvalue weighted by atomic mass is 9.93. The lowest BCUT2D eigenvalue weighted by Gasteiger charge is -2.31. The first-order valence-electron chi connectivity index (χ1n) is 8.45. The molecule has 1 aliphatic rings. The van der Waals surface area contributed by atoms with Crippen molar-refractivity contribution in [2.24, 2.45) is 11.7 Å². The van der Waals surface area contributed by atoms with Crippen LogP contribution in [0.25, 0.3) is 0 Å². The molecule has 2 heterocycles. The Bertz CT molecular complexity index is 718. The van der Waals surface area contributed by atoms with Crippen LogP contribution in [0.4, 0.5) is 0 Å². The fraction of sp³-hybridized carbons (Fsp3) is 0.368. The third-order valence-corrected chi connectivity index (χ3v) is 4.47. The lowest BCUT2D eigenvalue weighted by molar-refractivity contribution is -0.119. The molecule has 6 heteroatoms. The highest BCUT2D eigenvalue weighted by atomic mass is 16.5. The van der Waals surface area contributed by atoms with E-state index in [1.165, 1.54) is 6.26 Å². The van der Waals surface area contributed by atoms with Gasteiger partial charge in [0.05, 0.1) is 6.26 Å². The number of likely N-dealkylation sites (tertiary alicyclic amines) is 1. The molecule has 1 saturated heterocycles. The number of hydrogen-bond donors (Lipinski definition) is 1. The zero-order chi connectivity index (χ0) is 17.6. The second-order valence-corrected chi connectivity index (χ2v) is 6.28. The van der Waals surface area contributed by atoms with Gasteiger partial charge in [0.15, 0.2) is 5.76 Å². The molecule has 0 saturated carbocycles. The summed E-state index contributed by atoms with van der Waals surface area (Å²) >= 11 is 0. The first-order chi connectivity index (χ1) is 12.1. The van der Waals surface area contributed by atoms with Crippen molar-refractivity contribution in [1.82, 2.24) is 4.90 Å². The zero-order valence-corrected chi connectivity index (χ0v) is 14.0. The van der Waals surface area contributed by atoms with Gasteiger partial charge in [0.25, 0.3) is 5.91 Å². The van der Waals surface area contributed by atoms with Crippen LogP contribution in [0.15, 0.2) is 47.1 Å². The van der Waals surface area contributed by atoms with Gasteiger partial charge in [0.1, 0.15) is 12.4 Å². The van der Waals surface area contributed by atoms with E-state index in [4.69, 9.17) is 14.9 Å². The van der Waals surface area contributed by atoms with Crippen molar-refractivity contribution in [3.05, 3.63) is 54.0 Å². The number of nitrogens with two attached hydrogens (primary N) is 1. The van der Waals surface area contributed by atoms with Crippen LogP contribution in [0.1, 0.15) is 35.4 Å². The van der Waals surface area contributed by atoms with Crippen molar-refractivity contribution in [1.29, 1.82) is 0 Å². The van der Waals surface area contributed by atoms with Crippen LogP contribution in [0.3, 0.4) is 0 Å². The van der Waals surface area contributed by atoms with E-state index >= 15 is 0 Å². The number of amides is 2. The minimum Gasteiger partial charge on any atom is -0.489 e. The van der Waals surface area contributed by atoms with Crippen LogP contribution in [-0.4, -0.2) is 29.8 Å². The molecule has 2 aromatic rings. The molecule has 1 aromatic heterocycles. The third kappa shape index (κ3) is 4.41.